The number of carbonyl (C=O) groups is 1. The first kappa shape index (κ1) is 16.0. The summed E-state index contributed by atoms with van der Waals surface area (Å²) in [5, 5.41) is 10.4. The summed E-state index contributed by atoms with van der Waals surface area (Å²) in [4.78, 5) is 15.3. The van der Waals surface area contributed by atoms with Gasteiger partial charge in [-0.15, -0.1) is 0 Å². The van der Waals surface area contributed by atoms with Crippen molar-refractivity contribution in [2.24, 2.45) is 5.10 Å². The highest BCUT2D eigenvalue weighted by molar-refractivity contribution is 7.99. The summed E-state index contributed by atoms with van der Waals surface area (Å²) in [5.41, 5.74) is 1.97. The summed E-state index contributed by atoms with van der Waals surface area (Å²) in [6, 6.07) is 4.43. The first-order valence-electron chi connectivity index (χ1n) is 5.92. The summed E-state index contributed by atoms with van der Waals surface area (Å²) in [6.45, 7) is 0. The number of nitrogens with one attached hydrogen (secondary N) is 2. The molecule has 2 rings (SSSR count). The van der Waals surface area contributed by atoms with Crippen LogP contribution in [0.2, 0.25) is 0 Å². The van der Waals surface area contributed by atoms with E-state index in [9.17, 15) is 18.0 Å². The molecule has 0 radical (unpaired) electrons. The molecular formula is C12H10F3N5OS. The molecule has 0 fully saturated rings. The number of hydrazone groups is 1. The van der Waals surface area contributed by atoms with Crippen molar-refractivity contribution in [3.8, 4) is 0 Å². The van der Waals surface area contributed by atoms with Crippen molar-refractivity contribution in [2.45, 2.75) is 11.3 Å². The van der Waals surface area contributed by atoms with Crippen molar-refractivity contribution >= 4 is 23.9 Å². The van der Waals surface area contributed by atoms with Crippen molar-refractivity contribution in [1.82, 2.24) is 20.6 Å². The lowest BCUT2D eigenvalue weighted by molar-refractivity contribution is -0.137. The van der Waals surface area contributed by atoms with Gasteiger partial charge in [0, 0.05) is 0 Å². The number of aromatic amines is 1. The van der Waals surface area contributed by atoms with Gasteiger partial charge < -0.3 is 0 Å². The topological polar surface area (TPSA) is 83.0 Å². The molecule has 0 spiro atoms. The number of hydrogen-bond donors (Lipinski definition) is 2. The number of hydrogen-bond acceptors (Lipinski definition) is 5. The first-order valence-corrected chi connectivity index (χ1v) is 6.91. The van der Waals surface area contributed by atoms with E-state index < -0.39 is 11.7 Å². The number of benzene rings is 1. The maximum atomic E-state index is 12.4. The van der Waals surface area contributed by atoms with Gasteiger partial charge in [0.05, 0.1) is 17.5 Å². The Morgan fingerprint density at radius 1 is 1.36 bits per heavy atom. The van der Waals surface area contributed by atoms with E-state index in [0.717, 1.165) is 23.9 Å². The van der Waals surface area contributed by atoms with Gasteiger partial charge in [0.25, 0.3) is 5.91 Å². The summed E-state index contributed by atoms with van der Waals surface area (Å²) in [7, 11) is 0. The molecule has 6 nitrogen and oxygen atoms in total. The zero-order valence-corrected chi connectivity index (χ0v) is 11.8. The molecule has 1 amide bonds. The molecule has 0 aliphatic carbocycles. The number of H-pyrrole nitrogens is 1. The van der Waals surface area contributed by atoms with Crippen molar-refractivity contribution in [1.29, 1.82) is 0 Å². The monoisotopic (exact) mass is 329 g/mol. The fraction of sp³-hybridized carbons (Fsp3) is 0.167. The van der Waals surface area contributed by atoms with E-state index in [-0.39, 0.29) is 11.7 Å². The van der Waals surface area contributed by atoms with Crippen LogP contribution in [0.4, 0.5) is 13.2 Å². The number of rotatable bonds is 5. The Kier molecular flexibility index (Phi) is 5.15. The van der Waals surface area contributed by atoms with E-state index >= 15 is 0 Å². The molecule has 2 N–H and O–H groups in total. The molecule has 116 valence electrons. The third-order valence-electron chi connectivity index (χ3n) is 2.37. The van der Waals surface area contributed by atoms with E-state index in [1.54, 1.807) is 0 Å². The quantitative estimate of drug-likeness (QED) is 0.500. The molecule has 0 atom stereocenters. The minimum Gasteiger partial charge on any atom is -0.272 e. The second-order valence-electron chi connectivity index (χ2n) is 3.99. The normalized spacial score (nSPS) is 11.8. The highest BCUT2D eigenvalue weighted by atomic mass is 32.2. The number of thioether (sulfide) groups is 1. The first-order chi connectivity index (χ1) is 10.4. The standard InChI is InChI=1S/C12H10F3N5OS/c13-12(14,15)9-3-1-8(2-4-9)5-17-19-10(21)6-22-11-16-7-18-20-11/h1-5,7H,6H2,(H,19,21)(H,16,18,20)/b17-5-. The van der Waals surface area contributed by atoms with E-state index in [1.165, 1.54) is 24.7 Å². The number of amides is 1. The maximum absolute atomic E-state index is 12.4. The molecule has 10 heteroatoms. The molecule has 1 aromatic carbocycles. The molecule has 2 aromatic rings. The van der Waals surface area contributed by atoms with Crippen molar-refractivity contribution < 1.29 is 18.0 Å². The Balaban J connectivity index is 1.80. The number of halogens is 3. The minimum atomic E-state index is -4.37. The lowest BCUT2D eigenvalue weighted by Crippen LogP contribution is -2.19. The highest BCUT2D eigenvalue weighted by Crippen LogP contribution is 2.28. The molecule has 0 unspecified atom stereocenters. The Morgan fingerprint density at radius 3 is 2.68 bits per heavy atom. The van der Waals surface area contributed by atoms with E-state index in [2.05, 4.69) is 25.7 Å². The average molecular weight is 329 g/mol. The second-order valence-corrected chi connectivity index (χ2v) is 4.96. The summed E-state index contributed by atoms with van der Waals surface area (Å²) in [5.74, 6) is -0.288. The minimum absolute atomic E-state index is 0.0829. The largest absolute Gasteiger partial charge is 0.416 e. The molecule has 0 saturated heterocycles. The second kappa shape index (κ2) is 7.07. The van der Waals surface area contributed by atoms with Crippen LogP contribution in [0.3, 0.4) is 0 Å². The SMILES string of the molecule is O=C(CSc1ncn[nH]1)N/N=C\c1ccc(C(F)(F)F)cc1. The number of nitrogens with zero attached hydrogens (tertiary/aromatic N) is 3. The molecule has 1 aromatic heterocycles. The van der Waals surface area contributed by atoms with Gasteiger partial charge in [-0.05, 0) is 17.7 Å². The van der Waals surface area contributed by atoms with Gasteiger partial charge in [-0.1, -0.05) is 23.9 Å². The lowest BCUT2D eigenvalue weighted by atomic mass is 10.1. The van der Waals surface area contributed by atoms with Crippen molar-refractivity contribution in [3.63, 3.8) is 0 Å². The Bertz CT molecular complexity index is 640. The smallest absolute Gasteiger partial charge is 0.272 e. The van der Waals surface area contributed by atoms with Crippen LogP contribution in [0.1, 0.15) is 11.1 Å². The third kappa shape index (κ3) is 4.88. The maximum Gasteiger partial charge on any atom is 0.416 e. The van der Waals surface area contributed by atoms with Crippen molar-refractivity contribution in [3.05, 3.63) is 41.7 Å². The van der Waals surface area contributed by atoms with E-state index in [1.807, 2.05) is 0 Å². The van der Waals surface area contributed by atoms with E-state index in [4.69, 9.17) is 0 Å². The molecule has 1 heterocycles. The van der Waals surface area contributed by atoms with Gasteiger partial charge in [0.1, 0.15) is 6.33 Å². The Morgan fingerprint density at radius 2 is 2.09 bits per heavy atom. The van der Waals surface area contributed by atoms with Crippen LogP contribution in [-0.4, -0.2) is 33.1 Å². The summed E-state index contributed by atoms with van der Waals surface area (Å²) >= 11 is 1.15. The molecule has 0 aliphatic rings. The van der Waals surface area contributed by atoms with Gasteiger partial charge in [-0.3, -0.25) is 9.89 Å². The molecule has 0 aliphatic heterocycles. The predicted octanol–water partition coefficient (Wildman–Crippen LogP) is 2.07. The number of alkyl halides is 3. The fourth-order valence-electron chi connectivity index (χ4n) is 1.37. The Hall–Kier alpha value is -2.36. The highest BCUT2D eigenvalue weighted by Gasteiger charge is 2.29. The van der Waals surface area contributed by atoms with Gasteiger partial charge in [0.15, 0.2) is 5.16 Å². The van der Waals surface area contributed by atoms with Gasteiger partial charge >= 0.3 is 6.18 Å². The van der Waals surface area contributed by atoms with Gasteiger partial charge in [-0.25, -0.2) is 10.4 Å². The lowest BCUT2D eigenvalue weighted by Gasteiger charge is -2.05. The molecular weight excluding hydrogens is 319 g/mol. The van der Waals surface area contributed by atoms with Crippen molar-refractivity contribution in [2.75, 3.05) is 5.75 Å². The van der Waals surface area contributed by atoms with Crippen LogP contribution in [0, 0.1) is 0 Å². The fourth-order valence-corrected chi connectivity index (χ4v) is 1.94. The van der Waals surface area contributed by atoms with Crippen LogP contribution in [0.25, 0.3) is 0 Å². The van der Waals surface area contributed by atoms with Crippen LogP contribution < -0.4 is 5.43 Å². The van der Waals surface area contributed by atoms with Crippen LogP contribution in [0.15, 0.2) is 40.9 Å². The van der Waals surface area contributed by atoms with Crippen LogP contribution >= 0.6 is 11.8 Å². The Labute approximate surface area is 127 Å². The zero-order valence-electron chi connectivity index (χ0n) is 11.0. The summed E-state index contributed by atoms with van der Waals surface area (Å²) < 4.78 is 37.1. The van der Waals surface area contributed by atoms with Gasteiger partial charge in [0.2, 0.25) is 0 Å². The third-order valence-corrected chi connectivity index (χ3v) is 3.25. The predicted molar refractivity (Wildman–Crippen MR) is 74.3 cm³/mol. The zero-order chi connectivity index (χ0) is 16.0. The number of carbonyl (C=O) groups excluding carboxylic acids is 1. The number of aromatic nitrogens is 3. The summed E-state index contributed by atoms with van der Waals surface area (Å²) in [6.07, 6.45) is -1.79. The molecule has 22 heavy (non-hydrogen) atoms. The van der Waals surface area contributed by atoms with Crippen LogP contribution in [0.5, 0.6) is 0 Å². The molecule has 0 bridgehead atoms. The van der Waals surface area contributed by atoms with Crippen LogP contribution in [-0.2, 0) is 11.0 Å². The van der Waals surface area contributed by atoms with Gasteiger partial charge in [-0.2, -0.15) is 23.4 Å². The molecule has 0 saturated carbocycles. The van der Waals surface area contributed by atoms with E-state index in [0.29, 0.717) is 10.7 Å². The average Bonchev–Trinajstić information content (AvgIpc) is 2.98.